The summed E-state index contributed by atoms with van der Waals surface area (Å²) in [7, 11) is 0. The van der Waals surface area contributed by atoms with Crippen LogP contribution in [0, 0.1) is 10.1 Å². The lowest BCUT2D eigenvalue weighted by atomic mass is 9.97. The number of nitrogens with one attached hydrogen (secondary N) is 1. The number of hydrogen-bond donors (Lipinski definition) is 1. The Labute approximate surface area is 173 Å². The van der Waals surface area contributed by atoms with Gasteiger partial charge in [0.15, 0.2) is 0 Å². The molecule has 3 rings (SSSR count). The fourth-order valence-electron chi connectivity index (χ4n) is 2.98. The SMILES string of the molecule is CC.C[C@@H](NC/C=C(\c1ccccc1)c1ccc([N+](=O)[O-])cc1)c1ccccc1. The van der Waals surface area contributed by atoms with Gasteiger partial charge in [-0.2, -0.15) is 0 Å². The quantitative estimate of drug-likeness (QED) is 0.376. The van der Waals surface area contributed by atoms with Crippen LogP contribution in [0.15, 0.2) is 91.0 Å². The second kappa shape index (κ2) is 11.6. The Kier molecular flexibility index (Phi) is 8.80. The summed E-state index contributed by atoms with van der Waals surface area (Å²) in [6.45, 7) is 6.83. The highest BCUT2D eigenvalue weighted by Crippen LogP contribution is 2.25. The van der Waals surface area contributed by atoms with Gasteiger partial charge in [-0.25, -0.2) is 0 Å². The van der Waals surface area contributed by atoms with Crippen LogP contribution in [0.3, 0.4) is 0 Å². The van der Waals surface area contributed by atoms with E-state index in [1.165, 1.54) is 5.56 Å². The number of benzene rings is 3. The van der Waals surface area contributed by atoms with Crippen LogP contribution >= 0.6 is 0 Å². The van der Waals surface area contributed by atoms with Gasteiger partial charge in [-0.05, 0) is 41.3 Å². The van der Waals surface area contributed by atoms with Crippen LogP contribution in [0.25, 0.3) is 5.57 Å². The lowest BCUT2D eigenvalue weighted by molar-refractivity contribution is -0.384. The summed E-state index contributed by atoms with van der Waals surface area (Å²) in [6.07, 6.45) is 2.13. The average Bonchev–Trinajstić information content (AvgIpc) is 2.79. The van der Waals surface area contributed by atoms with E-state index in [0.29, 0.717) is 6.54 Å². The number of non-ortho nitro benzene ring substituents is 1. The largest absolute Gasteiger partial charge is 0.307 e. The maximum absolute atomic E-state index is 10.9. The zero-order chi connectivity index (χ0) is 21.1. The number of nitro groups is 1. The van der Waals surface area contributed by atoms with E-state index >= 15 is 0 Å². The van der Waals surface area contributed by atoms with Crippen molar-refractivity contribution in [2.45, 2.75) is 26.8 Å². The van der Waals surface area contributed by atoms with E-state index in [1.807, 2.05) is 62.4 Å². The van der Waals surface area contributed by atoms with Gasteiger partial charge in [0.2, 0.25) is 0 Å². The Morgan fingerprint density at radius 2 is 1.41 bits per heavy atom. The van der Waals surface area contributed by atoms with E-state index in [0.717, 1.165) is 16.7 Å². The van der Waals surface area contributed by atoms with Crippen molar-refractivity contribution in [1.29, 1.82) is 0 Å². The van der Waals surface area contributed by atoms with E-state index in [9.17, 15) is 10.1 Å². The Morgan fingerprint density at radius 1 is 0.897 bits per heavy atom. The molecule has 0 aromatic heterocycles. The van der Waals surface area contributed by atoms with E-state index in [1.54, 1.807) is 24.3 Å². The predicted molar refractivity (Wildman–Crippen MR) is 121 cm³/mol. The first-order valence-corrected chi connectivity index (χ1v) is 9.94. The second-order valence-corrected chi connectivity index (χ2v) is 6.33. The first-order chi connectivity index (χ1) is 14.1. The zero-order valence-corrected chi connectivity index (χ0v) is 17.2. The first-order valence-electron chi connectivity index (χ1n) is 9.94. The summed E-state index contributed by atoms with van der Waals surface area (Å²) < 4.78 is 0. The Balaban J connectivity index is 0.00000145. The van der Waals surface area contributed by atoms with Gasteiger partial charge in [0.25, 0.3) is 5.69 Å². The topological polar surface area (TPSA) is 55.2 Å². The molecule has 0 unspecified atom stereocenters. The molecule has 4 heteroatoms. The molecule has 0 aliphatic carbocycles. The lowest BCUT2D eigenvalue weighted by Gasteiger charge is -2.14. The van der Waals surface area contributed by atoms with Gasteiger partial charge >= 0.3 is 0 Å². The van der Waals surface area contributed by atoms with Crippen LogP contribution in [-0.4, -0.2) is 11.5 Å². The molecular weight excluding hydrogens is 360 g/mol. The first kappa shape index (κ1) is 22.1. The van der Waals surface area contributed by atoms with Gasteiger partial charge in [0, 0.05) is 24.7 Å². The third kappa shape index (κ3) is 6.40. The fraction of sp³-hybridized carbons (Fsp3) is 0.200. The Bertz CT molecular complexity index is 905. The van der Waals surface area contributed by atoms with E-state index in [-0.39, 0.29) is 16.7 Å². The third-order valence-corrected chi connectivity index (χ3v) is 4.50. The van der Waals surface area contributed by atoms with E-state index in [4.69, 9.17) is 0 Å². The van der Waals surface area contributed by atoms with Crippen molar-refractivity contribution in [1.82, 2.24) is 5.32 Å². The van der Waals surface area contributed by atoms with Crippen molar-refractivity contribution >= 4 is 11.3 Å². The molecule has 0 bridgehead atoms. The number of rotatable bonds is 7. The van der Waals surface area contributed by atoms with Crippen molar-refractivity contribution in [3.8, 4) is 0 Å². The molecule has 1 atom stereocenters. The third-order valence-electron chi connectivity index (χ3n) is 4.50. The highest BCUT2D eigenvalue weighted by Gasteiger charge is 2.09. The molecule has 3 aromatic rings. The maximum Gasteiger partial charge on any atom is 0.269 e. The molecule has 0 aliphatic heterocycles. The van der Waals surface area contributed by atoms with Crippen LogP contribution < -0.4 is 5.32 Å². The van der Waals surface area contributed by atoms with Crippen molar-refractivity contribution < 1.29 is 4.92 Å². The summed E-state index contributed by atoms with van der Waals surface area (Å²) in [4.78, 5) is 10.5. The lowest BCUT2D eigenvalue weighted by Crippen LogP contribution is -2.18. The molecule has 1 N–H and O–H groups in total. The van der Waals surface area contributed by atoms with Crippen molar-refractivity contribution in [2.24, 2.45) is 0 Å². The predicted octanol–water partition coefficient (Wildman–Crippen LogP) is 6.40. The smallest absolute Gasteiger partial charge is 0.269 e. The molecule has 0 heterocycles. The molecule has 0 radical (unpaired) electrons. The van der Waals surface area contributed by atoms with E-state index in [2.05, 4.69) is 30.4 Å². The van der Waals surface area contributed by atoms with Crippen LogP contribution in [-0.2, 0) is 0 Å². The minimum atomic E-state index is -0.376. The van der Waals surface area contributed by atoms with Crippen LogP contribution in [0.1, 0.15) is 43.5 Å². The van der Waals surface area contributed by atoms with Crippen molar-refractivity contribution in [2.75, 3.05) is 6.54 Å². The number of hydrogen-bond acceptors (Lipinski definition) is 3. The summed E-state index contributed by atoms with van der Waals surface area (Å²) in [6, 6.07) is 27.3. The normalized spacial score (nSPS) is 11.9. The molecule has 4 nitrogen and oxygen atoms in total. The molecule has 0 saturated heterocycles. The van der Waals surface area contributed by atoms with Gasteiger partial charge in [0.05, 0.1) is 4.92 Å². The van der Waals surface area contributed by atoms with Gasteiger partial charge in [-0.1, -0.05) is 80.6 Å². The van der Waals surface area contributed by atoms with E-state index < -0.39 is 0 Å². The molecule has 0 saturated carbocycles. The summed E-state index contributed by atoms with van der Waals surface area (Å²) in [5.74, 6) is 0. The summed E-state index contributed by atoms with van der Waals surface area (Å²) >= 11 is 0. The Morgan fingerprint density at radius 3 is 1.97 bits per heavy atom. The van der Waals surface area contributed by atoms with Gasteiger partial charge in [-0.15, -0.1) is 0 Å². The molecule has 0 aliphatic rings. The van der Waals surface area contributed by atoms with Crippen LogP contribution in [0.2, 0.25) is 0 Å². The number of nitro benzene ring substituents is 1. The van der Waals surface area contributed by atoms with Crippen molar-refractivity contribution in [3.63, 3.8) is 0 Å². The monoisotopic (exact) mass is 388 g/mol. The zero-order valence-electron chi connectivity index (χ0n) is 17.2. The van der Waals surface area contributed by atoms with Gasteiger partial charge in [0.1, 0.15) is 0 Å². The second-order valence-electron chi connectivity index (χ2n) is 6.33. The molecule has 0 fully saturated rings. The highest BCUT2D eigenvalue weighted by atomic mass is 16.6. The van der Waals surface area contributed by atoms with Gasteiger partial charge < -0.3 is 5.32 Å². The maximum atomic E-state index is 10.9. The Hall–Kier alpha value is -3.24. The molecule has 29 heavy (non-hydrogen) atoms. The van der Waals surface area contributed by atoms with Crippen molar-refractivity contribution in [3.05, 3.63) is 118 Å². The molecule has 150 valence electrons. The minimum absolute atomic E-state index is 0.0991. The van der Waals surface area contributed by atoms with Crippen LogP contribution in [0.4, 0.5) is 5.69 Å². The molecule has 0 amide bonds. The minimum Gasteiger partial charge on any atom is -0.307 e. The summed E-state index contributed by atoms with van der Waals surface area (Å²) in [5, 5.41) is 14.4. The number of nitrogens with zero attached hydrogens (tertiary/aromatic N) is 1. The average molecular weight is 389 g/mol. The molecular formula is C25H28N2O2. The standard InChI is InChI=1S/C23H22N2O2.C2H6/c1-18(19-8-4-2-5-9-19)24-17-16-23(20-10-6-3-7-11-20)21-12-14-22(15-13-21)25(26)27;1-2/h2-16,18,24H,17H2,1H3;1-2H3/b23-16+;/t18-;/m1./s1. The summed E-state index contributed by atoms with van der Waals surface area (Å²) in [5.41, 5.74) is 4.43. The highest BCUT2D eigenvalue weighted by molar-refractivity contribution is 5.80. The fourth-order valence-corrected chi connectivity index (χ4v) is 2.98. The van der Waals surface area contributed by atoms with Gasteiger partial charge in [-0.3, -0.25) is 10.1 Å². The van der Waals surface area contributed by atoms with Crippen LogP contribution in [0.5, 0.6) is 0 Å². The molecule has 0 spiro atoms. The molecule has 3 aromatic carbocycles.